The molecule has 122 valence electrons. The molecule has 23 heavy (non-hydrogen) atoms. The SMILES string of the molecule is Cc1cccc(C[C@@H]2COCCN(C(=O)c3cn[nH]c3C)C2)n1. The van der Waals surface area contributed by atoms with Crippen molar-refractivity contribution in [2.75, 3.05) is 26.3 Å². The monoisotopic (exact) mass is 314 g/mol. The summed E-state index contributed by atoms with van der Waals surface area (Å²) in [6.07, 6.45) is 2.41. The lowest BCUT2D eigenvalue weighted by Gasteiger charge is -2.23. The van der Waals surface area contributed by atoms with Gasteiger partial charge in [-0.1, -0.05) is 6.07 Å². The Kier molecular flexibility index (Phi) is 4.71. The molecule has 0 saturated carbocycles. The first kappa shape index (κ1) is 15.7. The fraction of sp³-hybridized carbons (Fsp3) is 0.471. The number of nitrogens with one attached hydrogen (secondary N) is 1. The van der Waals surface area contributed by atoms with Crippen LogP contribution in [-0.4, -0.2) is 52.3 Å². The normalized spacial score (nSPS) is 18.7. The minimum Gasteiger partial charge on any atom is -0.379 e. The number of nitrogens with zero attached hydrogens (tertiary/aromatic N) is 3. The summed E-state index contributed by atoms with van der Waals surface area (Å²) in [5.41, 5.74) is 3.50. The first-order chi connectivity index (χ1) is 11.1. The number of rotatable bonds is 3. The van der Waals surface area contributed by atoms with Gasteiger partial charge in [0.15, 0.2) is 0 Å². The van der Waals surface area contributed by atoms with Gasteiger partial charge in [0.25, 0.3) is 5.91 Å². The summed E-state index contributed by atoms with van der Waals surface area (Å²) in [5.74, 6) is 0.270. The highest BCUT2D eigenvalue weighted by atomic mass is 16.5. The third kappa shape index (κ3) is 3.76. The molecule has 1 atom stereocenters. The highest BCUT2D eigenvalue weighted by Crippen LogP contribution is 2.16. The minimum absolute atomic E-state index is 0.0175. The molecule has 3 heterocycles. The Bertz CT molecular complexity index is 683. The average Bonchev–Trinajstić information content (AvgIpc) is 2.81. The Labute approximate surface area is 135 Å². The molecule has 2 aromatic heterocycles. The molecule has 0 aromatic carbocycles. The molecular weight excluding hydrogens is 292 g/mol. The Morgan fingerprint density at radius 1 is 1.43 bits per heavy atom. The Morgan fingerprint density at radius 2 is 2.30 bits per heavy atom. The summed E-state index contributed by atoms with van der Waals surface area (Å²) >= 11 is 0. The Morgan fingerprint density at radius 3 is 3.04 bits per heavy atom. The minimum atomic E-state index is 0.0175. The molecular formula is C17H22N4O2. The van der Waals surface area contributed by atoms with Gasteiger partial charge in [-0.25, -0.2) is 0 Å². The third-order valence-electron chi connectivity index (χ3n) is 4.13. The smallest absolute Gasteiger partial charge is 0.257 e. The first-order valence-corrected chi connectivity index (χ1v) is 7.93. The van der Waals surface area contributed by atoms with E-state index >= 15 is 0 Å². The molecule has 1 amide bonds. The number of amides is 1. The molecule has 6 heteroatoms. The zero-order valence-corrected chi connectivity index (χ0v) is 13.6. The van der Waals surface area contributed by atoms with Gasteiger partial charge in [0.05, 0.1) is 25.0 Å². The zero-order chi connectivity index (χ0) is 16.2. The molecule has 0 aliphatic carbocycles. The van der Waals surface area contributed by atoms with Crippen LogP contribution in [0, 0.1) is 19.8 Å². The molecule has 6 nitrogen and oxygen atoms in total. The summed E-state index contributed by atoms with van der Waals surface area (Å²) in [6.45, 7) is 6.37. The predicted molar refractivity (Wildman–Crippen MR) is 86.2 cm³/mol. The predicted octanol–water partition coefficient (Wildman–Crippen LogP) is 1.75. The highest BCUT2D eigenvalue weighted by Gasteiger charge is 2.25. The van der Waals surface area contributed by atoms with Crippen molar-refractivity contribution in [3.63, 3.8) is 0 Å². The number of carbonyl (C=O) groups is 1. The van der Waals surface area contributed by atoms with E-state index in [0.29, 0.717) is 31.9 Å². The topological polar surface area (TPSA) is 71.1 Å². The van der Waals surface area contributed by atoms with Crippen LogP contribution in [0.3, 0.4) is 0 Å². The number of ether oxygens (including phenoxy) is 1. The molecule has 0 radical (unpaired) electrons. The van der Waals surface area contributed by atoms with Gasteiger partial charge < -0.3 is 9.64 Å². The maximum atomic E-state index is 12.7. The van der Waals surface area contributed by atoms with Crippen LogP contribution in [0.15, 0.2) is 24.4 Å². The van der Waals surface area contributed by atoms with E-state index in [1.165, 1.54) is 0 Å². The lowest BCUT2D eigenvalue weighted by molar-refractivity contribution is 0.0736. The van der Waals surface area contributed by atoms with Crippen molar-refractivity contribution in [2.45, 2.75) is 20.3 Å². The van der Waals surface area contributed by atoms with Crippen molar-refractivity contribution in [2.24, 2.45) is 5.92 Å². The molecule has 0 unspecified atom stereocenters. The van der Waals surface area contributed by atoms with E-state index in [2.05, 4.69) is 15.2 Å². The van der Waals surface area contributed by atoms with Crippen molar-refractivity contribution < 1.29 is 9.53 Å². The van der Waals surface area contributed by atoms with Crippen LogP contribution in [0.5, 0.6) is 0 Å². The summed E-state index contributed by atoms with van der Waals surface area (Å²) in [7, 11) is 0. The molecule has 3 rings (SSSR count). The van der Waals surface area contributed by atoms with Crippen molar-refractivity contribution >= 4 is 5.91 Å². The summed E-state index contributed by atoms with van der Waals surface area (Å²) in [6, 6.07) is 6.04. The van der Waals surface area contributed by atoms with Crippen LogP contribution in [0.2, 0.25) is 0 Å². The summed E-state index contributed by atoms with van der Waals surface area (Å²) in [5, 5.41) is 6.77. The van der Waals surface area contributed by atoms with Crippen LogP contribution < -0.4 is 0 Å². The van der Waals surface area contributed by atoms with Crippen molar-refractivity contribution in [1.82, 2.24) is 20.1 Å². The molecule has 1 aliphatic rings. The number of hydrogen-bond acceptors (Lipinski definition) is 4. The van der Waals surface area contributed by atoms with E-state index in [4.69, 9.17) is 4.74 Å². The lowest BCUT2D eigenvalue weighted by atomic mass is 10.0. The number of carbonyl (C=O) groups excluding carboxylic acids is 1. The van der Waals surface area contributed by atoms with E-state index in [1.807, 2.05) is 36.9 Å². The van der Waals surface area contributed by atoms with Crippen LogP contribution in [0.4, 0.5) is 0 Å². The number of aromatic amines is 1. The molecule has 1 N–H and O–H groups in total. The Hall–Kier alpha value is -2.21. The van der Waals surface area contributed by atoms with Gasteiger partial charge >= 0.3 is 0 Å². The van der Waals surface area contributed by atoms with Gasteiger partial charge in [0.1, 0.15) is 0 Å². The Balaban J connectivity index is 1.71. The van der Waals surface area contributed by atoms with E-state index in [0.717, 1.165) is 23.5 Å². The average molecular weight is 314 g/mol. The first-order valence-electron chi connectivity index (χ1n) is 7.93. The maximum absolute atomic E-state index is 12.7. The zero-order valence-electron chi connectivity index (χ0n) is 13.6. The second-order valence-electron chi connectivity index (χ2n) is 6.08. The van der Waals surface area contributed by atoms with Crippen molar-refractivity contribution in [3.8, 4) is 0 Å². The van der Waals surface area contributed by atoms with Gasteiger partial charge in [-0.2, -0.15) is 5.10 Å². The fourth-order valence-electron chi connectivity index (χ4n) is 2.93. The van der Waals surface area contributed by atoms with E-state index in [9.17, 15) is 4.79 Å². The van der Waals surface area contributed by atoms with Crippen LogP contribution in [0.1, 0.15) is 27.4 Å². The number of pyridine rings is 1. The molecule has 1 fully saturated rings. The number of aromatic nitrogens is 3. The van der Waals surface area contributed by atoms with Gasteiger partial charge in [0.2, 0.25) is 0 Å². The molecule has 1 aliphatic heterocycles. The number of aryl methyl sites for hydroxylation is 2. The fourth-order valence-corrected chi connectivity index (χ4v) is 2.93. The van der Waals surface area contributed by atoms with Crippen LogP contribution >= 0.6 is 0 Å². The van der Waals surface area contributed by atoms with E-state index < -0.39 is 0 Å². The second kappa shape index (κ2) is 6.91. The van der Waals surface area contributed by atoms with Gasteiger partial charge in [-0.15, -0.1) is 0 Å². The summed E-state index contributed by atoms with van der Waals surface area (Å²) in [4.78, 5) is 19.1. The number of H-pyrrole nitrogens is 1. The van der Waals surface area contributed by atoms with Crippen LogP contribution in [0.25, 0.3) is 0 Å². The van der Waals surface area contributed by atoms with Gasteiger partial charge in [-0.3, -0.25) is 14.9 Å². The van der Waals surface area contributed by atoms with Gasteiger partial charge in [0, 0.05) is 36.1 Å². The van der Waals surface area contributed by atoms with E-state index in [-0.39, 0.29) is 11.8 Å². The highest BCUT2D eigenvalue weighted by molar-refractivity contribution is 5.95. The van der Waals surface area contributed by atoms with Crippen molar-refractivity contribution in [3.05, 3.63) is 47.0 Å². The second-order valence-corrected chi connectivity index (χ2v) is 6.08. The molecule has 0 spiro atoms. The van der Waals surface area contributed by atoms with Crippen molar-refractivity contribution in [1.29, 1.82) is 0 Å². The number of hydrogen-bond donors (Lipinski definition) is 1. The summed E-state index contributed by atoms with van der Waals surface area (Å²) < 4.78 is 5.69. The molecule has 2 aromatic rings. The standard InChI is InChI=1S/C17H22N4O2/c1-12-4-3-5-15(19-12)8-14-10-21(6-7-23-11-14)17(22)16-9-18-20-13(16)2/h3-5,9,14H,6-8,10-11H2,1-2H3,(H,18,20)/t14-/m0/s1. The maximum Gasteiger partial charge on any atom is 0.257 e. The lowest BCUT2D eigenvalue weighted by Crippen LogP contribution is -2.36. The largest absolute Gasteiger partial charge is 0.379 e. The van der Waals surface area contributed by atoms with Crippen LogP contribution in [-0.2, 0) is 11.2 Å². The molecule has 0 bridgehead atoms. The third-order valence-corrected chi connectivity index (χ3v) is 4.13. The quantitative estimate of drug-likeness (QED) is 0.937. The van der Waals surface area contributed by atoms with E-state index in [1.54, 1.807) is 6.20 Å². The molecule has 1 saturated heterocycles. The van der Waals surface area contributed by atoms with Gasteiger partial charge in [-0.05, 0) is 32.4 Å².